The van der Waals surface area contributed by atoms with E-state index >= 15 is 0 Å². The standard InChI is InChI=1S/C18H24N2O/c1-12-6-7-13(2)15(10-12)16-19-18(8-9-18)17(21)20(16)11-14-4-3-5-14/h6-7,10,14,16,19H,3-5,8-9,11H2,1-2H3. The maximum absolute atomic E-state index is 12.8. The highest BCUT2D eigenvalue weighted by Gasteiger charge is 2.59. The topological polar surface area (TPSA) is 32.3 Å². The summed E-state index contributed by atoms with van der Waals surface area (Å²) in [5.41, 5.74) is 3.61. The third-order valence-corrected chi connectivity index (χ3v) is 5.55. The lowest BCUT2D eigenvalue weighted by Gasteiger charge is -2.33. The molecular formula is C18H24N2O. The molecule has 1 heterocycles. The molecule has 2 aliphatic carbocycles. The smallest absolute Gasteiger partial charge is 0.244 e. The second-order valence-electron chi connectivity index (χ2n) is 7.24. The van der Waals surface area contributed by atoms with E-state index in [2.05, 4.69) is 42.3 Å². The number of hydrogen-bond acceptors (Lipinski definition) is 2. The second-order valence-corrected chi connectivity index (χ2v) is 7.24. The third-order valence-electron chi connectivity index (χ3n) is 5.55. The highest BCUT2D eigenvalue weighted by molar-refractivity contribution is 5.92. The van der Waals surface area contributed by atoms with Crippen molar-refractivity contribution in [2.24, 2.45) is 5.92 Å². The lowest BCUT2D eigenvalue weighted by atomic mass is 9.85. The summed E-state index contributed by atoms with van der Waals surface area (Å²) in [6.07, 6.45) is 6.01. The maximum Gasteiger partial charge on any atom is 0.244 e. The van der Waals surface area contributed by atoms with Crippen molar-refractivity contribution < 1.29 is 4.79 Å². The van der Waals surface area contributed by atoms with Crippen LogP contribution in [-0.2, 0) is 4.79 Å². The Hall–Kier alpha value is -1.35. The van der Waals surface area contributed by atoms with Crippen molar-refractivity contribution in [2.75, 3.05) is 6.54 Å². The predicted octanol–water partition coefficient (Wildman–Crippen LogP) is 3.07. The van der Waals surface area contributed by atoms with Gasteiger partial charge in [0.25, 0.3) is 0 Å². The minimum atomic E-state index is -0.218. The normalized spacial score (nSPS) is 27.2. The summed E-state index contributed by atoms with van der Waals surface area (Å²) >= 11 is 0. The predicted molar refractivity (Wildman–Crippen MR) is 82.8 cm³/mol. The van der Waals surface area contributed by atoms with Gasteiger partial charge in [0.1, 0.15) is 11.7 Å². The van der Waals surface area contributed by atoms with E-state index in [1.165, 1.54) is 36.0 Å². The molecule has 1 atom stereocenters. The third kappa shape index (κ3) is 2.10. The van der Waals surface area contributed by atoms with Crippen molar-refractivity contribution in [1.82, 2.24) is 10.2 Å². The molecule has 1 unspecified atom stereocenters. The van der Waals surface area contributed by atoms with Gasteiger partial charge >= 0.3 is 0 Å². The van der Waals surface area contributed by atoms with Gasteiger partial charge in [-0.25, -0.2) is 0 Å². The van der Waals surface area contributed by atoms with E-state index in [0.717, 1.165) is 25.3 Å². The Kier molecular flexibility index (Phi) is 2.90. The van der Waals surface area contributed by atoms with Crippen LogP contribution >= 0.6 is 0 Å². The first kappa shape index (κ1) is 13.3. The summed E-state index contributed by atoms with van der Waals surface area (Å²) in [5, 5.41) is 3.66. The van der Waals surface area contributed by atoms with Gasteiger partial charge in [-0.2, -0.15) is 0 Å². The second kappa shape index (κ2) is 4.57. The zero-order valence-electron chi connectivity index (χ0n) is 13.0. The molecule has 3 fully saturated rings. The van der Waals surface area contributed by atoms with Crippen LogP contribution in [0.5, 0.6) is 0 Å². The first-order chi connectivity index (χ1) is 10.1. The van der Waals surface area contributed by atoms with E-state index in [0.29, 0.717) is 5.91 Å². The number of rotatable bonds is 3. The average molecular weight is 284 g/mol. The summed E-state index contributed by atoms with van der Waals surface area (Å²) in [5.74, 6) is 1.07. The Morgan fingerprint density at radius 1 is 1.29 bits per heavy atom. The molecule has 3 heteroatoms. The number of benzene rings is 1. The Balaban J connectivity index is 1.67. The molecule has 3 aliphatic rings. The fourth-order valence-electron chi connectivity index (χ4n) is 3.72. The van der Waals surface area contributed by atoms with Gasteiger partial charge in [-0.1, -0.05) is 30.2 Å². The molecule has 4 rings (SSSR count). The van der Waals surface area contributed by atoms with Crippen molar-refractivity contribution in [2.45, 2.75) is 57.7 Å². The summed E-state index contributed by atoms with van der Waals surface area (Å²) in [6.45, 7) is 5.22. The molecule has 1 aliphatic heterocycles. The van der Waals surface area contributed by atoms with Gasteiger partial charge in [0.2, 0.25) is 5.91 Å². The molecule has 2 saturated carbocycles. The Labute approximate surface area is 126 Å². The van der Waals surface area contributed by atoms with Gasteiger partial charge in [0, 0.05) is 6.54 Å². The lowest BCUT2D eigenvalue weighted by molar-refractivity contribution is -0.131. The molecule has 1 amide bonds. The van der Waals surface area contributed by atoms with Crippen LogP contribution in [0.4, 0.5) is 0 Å². The van der Waals surface area contributed by atoms with Gasteiger partial charge in [0.05, 0.1) is 0 Å². The Morgan fingerprint density at radius 3 is 2.67 bits per heavy atom. The van der Waals surface area contributed by atoms with Crippen molar-refractivity contribution in [3.05, 3.63) is 34.9 Å². The zero-order valence-corrected chi connectivity index (χ0v) is 13.0. The summed E-state index contributed by atoms with van der Waals surface area (Å²) < 4.78 is 0. The summed E-state index contributed by atoms with van der Waals surface area (Å²) in [6, 6.07) is 6.57. The first-order valence-electron chi connectivity index (χ1n) is 8.25. The first-order valence-corrected chi connectivity index (χ1v) is 8.25. The number of amides is 1. The number of carbonyl (C=O) groups excluding carboxylic acids is 1. The molecule has 1 saturated heterocycles. The molecule has 1 aromatic carbocycles. The Bertz CT molecular complexity index is 587. The fraction of sp³-hybridized carbons (Fsp3) is 0.611. The van der Waals surface area contributed by atoms with Crippen LogP contribution in [0.1, 0.15) is 55.0 Å². The lowest BCUT2D eigenvalue weighted by Crippen LogP contribution is -2.37. The van der Waals surface area contributed by atoms with Gasteiger partial charge in [-0.05, 0) is 56.6 Å². The van der Waals surface area contributed by atoms with Gasteiger partial charge < -0.3 is 4.90 Å². The molecule has 112 valence electrons. The molecule has 1 spiro atoms. The molecule has 0 radical (unpaired) electrons. The van der Waals surface area contributed by atoms with Gasteiger partial charge in [0.15, 0.2) is 0 Å². The molecule has 0 bridgehead atoms. The van der Waals surface area contributed by atoms with Crippen LogP contribution < -0.4 is 5.32 Å². The van der Waals surface area contributed by atoms with E-state index in [1.54, 1.807) is 0 Å². The Morgan fingerprint density at radius 2 is 2.05 bits per heavy atom. The van der Waals surface area contributed by atoms with E-state index in [4.69, 9.17) is 0 Å². The average Bonchev–Trinajstić information content (AvgIpc) is 3.13. The van der Waals surface area contributed by atoms with E-state index in [-0.39, 0.29) is 11.7 Å². The number of nitrogens with zero attached hydrogens (tertiary/aromatic N) is 1. The van der Waals surface area contributed by atoms with Crippen molar-refractivity contribution in [3.8, 4) is 0 Å². The summed E-state index contributed by atoms with van der Waals surface area (Å²) in [4.78, 5) is 14.9. The van der Waals surface area contributed by atoms with Crippen LogP contribution in [0.2, 0.25) is 0 Å². The van der Waals surface area contributed by atoms with Crippen LogP contribution in [0, 0.1) is 19.8 Å². The number of carbonyl (C=O) groups is 1. The number of hydrogen-bond donors (Lipinski definition) is 1. The molecule has 1 aromatic rings. The van der Waals surface area contributed by atoms with E-state index in [9.17, 15) is 4.79 Å². The molecule has 21 heavy (non-hydrogen) atoms. The summed E-state index contributed by atoms with van der Waals surface area (Å²) in [7, 11) is 0. The monoisotopic (exact) mass is 284 g/mol. The maximum atomic E-state index is 12.8. The van der Waals surface area contributed by atoms with Gasteiger partial charge in [-0.15, -0.1) is 0 Å². The number of nitrogens with one attached hydrogen (secondary N) is 1. The van der Waals surface area contributed by atoms with Crippen molar-refractivity contribution in [3.63, 3.8) is 0 Å². The molecular weight excluding hydrogens is 260 g/mol. The number of aryl methyl sites for hydroxylation is 2. The van der Waals surface area contributed by atoms with Crippen LogP contribution in [-0.4, -0.2) is 22.9 Å². The molecule has 3 nitrogen and oxygen atoms in total. The van der Waals surface area contributed by atoms with Crippen LogP contribution in [0.25, 0.3) is 0 Å². The largest absolute Gasteiger partial charge is 0.321 e. The zero-order chi connectivity index (χ0) is 14.6. The van der Waals surface area contributed by atoms with Crippen molar-refractivity contribution in [1.29, 1.82) is 0 Å². The quantitative estimate of drug-likeness (QED) is 0.925. The van der Waals surface area contributed by atoms with Crippen LogP contribution in [0.15, 0.2) is 18.2 Å². The SMILES string of the molecule is Cc1ccc(C)c(C2NC3(CC3)C(=O)N2CC2CCC2)c1. The molecule has 0 aromatic heterocycles. The van der Waals surface area contributed by atoms with E-state index in [1.807, 2.05) is 0 Å². The highest BCUT2D eigenvalue weighted by atomic mass is 16.2. The fourth-order valence-corrected chi connectivity index (χ4v) is 3.72. The minimum Gasteiger partial charge on any atom is -0.321 e. The minimum absolute atomic E-state index is 0.0838. The molecule has 1 N–H and O–H groups in total. The van der Waals surface area contributed by atoms with E-state index < -0.39 is 0 Å². The van der Waals surface area contributed by atoms with Crippen molar-refractivity contribution >= 4 is 5.91 Å². The van der Waals surface area contributed by atoms with Gasteiger partial charge in [-0.3, -0.25) is 10.1 Å². The highest BCUT2D eigenvalue weighted by Crippen LogP contribution is 2.47. The van der Waals surface area contributed by atoms with Crippen LogP contribution in [0.3, 0.4) is 0 Å².